The summed E-state index contributed by atoms with van der Waals surface area (Å²) in [6, 6.07) is 0. The van der Waals surface area contributed by atoms with Crippen LogP contribution < -0.4 is 0 Å². The molecule has 0 aliphatic heterocycles. The van der Waals surface area contributed by atoms with Crippen LogP contribution in [0.25, 0.3) is 0 Å². The molecule has 0 spiro atoms. The molecule has 0 unspecified atom stereocenters. The van der Waals surface area contributed by atoms with Gasteiger partial charge in [0.25, 0.3) is 0 Å². The molecule has 0 bridgehead atoms. The molecule has 0 saturated heterocycles. The second kappa shape index (κ2) is 7.24. The molecule has 0 rings (SSSR count). The first-order chi connectivity index (χ1) is 6.90. The first-order valence-corrected chi connectivity index (χ1v) is 5.30. The quantitative estimate of drug-likeness (QED) is 0.522. The monoisotopic (exact) mass is 236 g/mol. The molecule has 5 nitrogen and oxygen atoms in total. The lowest BCUT2D eigenvalue weighted by molar-refractivity contribution is -0.152. The number of hydrogen-bond acceptors (Lipinski definition) is 5. The van der Waals surface area contributed by atoms with Gasteiger partial charge in [-0.15, -0.1) is 0 Å². The van der Waals surface area contributed by atoms with Crippen LogP contribution in [0.2, 0.25) is 0 Å². The van der Waals surface area contributed by atoms with E-state index in [1.807, 2.05) is 13.8 Å². The van der Waals surface area contributed by atoms with Gasteiger partial charge in [0.15, 0.2) is 0 Å². The fraction of sp³-hybridized carbons (Fsp3) is 1.00. The Balaban J connectivity index is 0. The van der Waals surface area contributed by atoms with Crippen molar-refractivity contribution in [1.29, 1.82) is 0 Å². The van der Waals surface area contributed by atoms with Gasteiger partial charge in [0, 0.05) is 6.61 Å². The van der Waals surface area contributed by atoms with E-state index in [4.69, 9.17) is 19.8 Å². The van der Waals surface area contributed by atoms with E-state index in [0.29, 0.717) is 12.5 Å². The van der Waals surface area contributed by atoms with Gasteiger partial charge in [-0.05, 0) is 33.6 Å². The minimum absolute atomic E-state index is 0.475. The number of hydrogen-bond donors (Lipinski definition) is 4. The molecule has 0 aliphatic rings. The van der Waals surface area contributed by atoms with Crippen molar-refractivity contribution in [3.8, 4) is 0 Å². The molecule has 6 heteroatoms. The van der Waals surface area contributed by atoms with Crippen LogP contribution in [0.1, 0.15) is 41.5 Å². The highest BCUT2D eigenvalue weighted by Gasteiger charge is 2.35. The van der Waals surface area contributed by atoms with E-state index in [0.717, 1.165) is 0 Å². The molecule has 0 atom stereocenters. The third-order valence-electron chi connectivity index (χ3n) is 2.25. The molecule has 98 valence electrons. The summed E-state index contributed by atoms with van der Waals surface area (Å²) in [4.78, 5) is 0. The van der Waals surface area contributed by atoms with E-state index in [2.05, 4.69) is 13.8 Å². The molecule has 0 aromatic heterocycles. The lowest BCUT2D eigenvalue weighted by Crippen LogP contribution is -2.47. The highest BCUT2D eigenvalue weighted by atomic mass is 16.5. The molecule has 0 radical (unpaired) electrons. The standard InChI is InChI=1S/C10H22O2.BH3O3/c1-8(2)7-12-10(5,6)9(3,4)11;2-1(3)4/h8,11H,7H2,1-6H3;2-4H. The minimum atomic E-state index is -2.17. The van der Waals surface area contributed by atoms with Crippen molar-refractivity contribution < 1.29 is 24.9 Å². The van der Waals surface area contributed by atoms with Crippen LogP contribution in [0.5, 0.6) is 0 Å². The molecule has 0 aromatic carbocycles. The van der Waals surface area contributed by atoms with Crippen LogP contribution in [0.15, 0.2) is 0 Å². The zero-order valence-corrected chi connectivity index (χ0v) is 11.1. The summed E-state index contributed by atoms with van der Waals surface area (Å²) in [6.07, 6.45) is 0. The summed E-state index contributed by atoms with van der Waals surface area (Å²) in [5.41, 5.74) is -1.26. The fourth-order valence-electron chi connectivity index (χ4n) is 0.552. The van der Waals surface area contributed by atoms with E-state index in [1.54, 1.807) is 13.8 Å². The summed E-state index contributed by atoms with van der Waals surface area (Å²) in [5.74, 6) is 0.506. The Morgan fingerprint density at radius 1 is 1.06 bits per heavy atom. The van der Waals surface area contributed by atoms with Crippen LogP contribution in [-0.4, -0.2) is 45.3 Å². The highest BCUT2D eigenvalue weighted by molar-refractivity contribution is 6.30. The Morgan fingerprint density at radius 2 is 1.38 bits per heavy atom. The van der Waals surface area contributed by atoms with Gasteiger partial charge in [-0.2, -0.15) is 0 Å². The van der Waals surface area contributed by atoms with Crippen LogP contribution in [0, 0.1) is 5.92 Å². The van der Waals surface area contributed by atoms with E-state index in [1.165, 1.54) is 0 Å². The van der Waals surface area contributed by atoms with Gasteiger partial charge < -0.3 is 24.9 Å². The average Bonchev–Trinajstić information content (AvgIpc) is 1.97. The topological polar surface area (TPSA) is 90.2 Å². The summed E-state index contributed by atoms with van der Waals surface area (Å²) in [5, 5.41) is 31.2. The van der Waals surface area contributed by atoms with E-state index in [9.17, 15) is 5.11 Å². The predicted octanol–water partition coefficient (Wildman–Crippen LogP) is 0.157. The molecule has 0 heterocycles. The third-order valence-corrected chi connectivity index (χ3v) is 2.25. The summed E-state index contributed by atoms with van der Waals surface area (Å²) in [7, 11) is -2.17. The normalized spacial score (nSPS) is 12.2. The lowest BCUT2D eigenvalue weighted by Gasteiger charge is -2.37. The van der Waals surface area contributed by atoms with Crippen molar-refractivity contribution in [3.63, 3.8) is 0 Å². The fourth-order valence-corrected chi connectivity index (χ4v) is 0.552. The number of aliphatic hydroxyl groups is 1. The van der Waals surface area contributed by atoms with Crippen LogP contribution in [0.3, 0.4) is 0 Å². The second-order valence-electron chi connectivity index (χ2n) is 5.12. The molecule has 0 saturated carbocycles. The van der Waals surface area contributed by atoms with Crippen LogP contribution in [-0.2, 0) is 4.74 Å². The first kappa shape index (κ1) is 18.2. The largest absolute Gasteiger partial charge is 0.631 e. The summed E-state index contributed by atoms with van der Waals surface area (Å²) >= 11 is 0. The van der Waals surface area contributed by atoms with Gasteiger partial charge in [-0.3, -0.25) is 0 Å². The van der Waals surface area contributed by atoms with Gasteiger partial charge >= 0.3 is 7.32 Å². The smallest absolute Gasteiger partial charge is 0.402 e. The highest BCUT2D eigenvalue weighted by Crippen LogP contribution is 2.25. The van der Waals surface area contributed by atoms with Gasteiger partial charge in [0.1, 0.15) is 0 Å². The third kappa shape index (κ3) is 10.4. The Bertz CT molecular complexity index is 172. The lowest BCUT2D eigenvalue weighted by atomic mass is 9.89. The molecule has 0 aliphatic carbocycles. The van der Waals surface area contributed by atoms with Crippen molar-refractivity contribution in [3.05, 3.63) is 0 Å². The summed E-state index contributed by atoms with van der Waals surface area (Å²) in [6.45, 7) is 12.3. The maximum absolute atomic E-state index is 9.73. The van der Waals surface area contributed by atoms with E-state index >= 15 is 0 Å². The molecule has 0 amide bonds. The molecular weight excluding hydrogens is 211 g/mol. The maximum atomic E-state index is 9.73. The minimum Gasteiger partial charge on any atom is -0.402 e. The van der Waals surface area contributed by atoms with Crippen molar-refractivity contribution in [2.75, 3.05) is 6.61 Å². The molecule has 0 aromatic rings. The summed E-state index contributed by atoms with van der Waals surface area (Å²) < 4.78 is 5.61. The number of ether oxygens (including phenoxy) is 1. The van der Waals surface area contributed by atoms with Crippen molar-refractivity contribution in [2.45, 2.75) is 52.7 Å². The van der Waals surface area contributed by atoms with E-state index in [-0.39, 0.29) is 0 Å². The Morgan fingerprint density at radius 3 is 1.56 bits per heavy atom. The van der Waals surface area contributed by atoms with Crippen molar-refractivity contribution in [2.24, 2.45) is 5.92 Å². The van der Waals surface area contributed by atoms with Gasteiger partial charge in [-0.25, -0.2) is 0 Å². The average molecular weight is 236 g/mol. The SMILES string of the molecule is CC(C)COC(C)(C)C(C)(C)O.OB(O)O. The molecule has 4 N–H and O–H groups in total. The zero-order valence-electron chi connectivity index (χ0n) is 11.1. The first-order valence-electron chi connectivity index (χ1n) is 5.30. The Hall–Kier alpha value is -0.135. The van der Waals surface area contributed by atoms with E-state index < -0.39 is 18.5 Å². The maximum Gasteiger partial charge on any atom is 0.631 e. The second-order valence-corrected chi connectivity index (χ2v) is 5.12. The van der Waals surface area contributed by atoms with Crippen molar-refractivity contribution in [1.82, 2.24) is 0 Å². The van der Waals surface area contributed by atoms with Crippen LogP contribution in [0.4, 0.5) is 0 Å². The Labute approximate surface area is 98.2 Å². The van der Waals surface area contributed by atoms with Gasteiger partial charge in [-0.1, -0.05) is 13.8 Å². The zero-order chi connectivity index (χ0) is 13.6. The molecule has 0 fully saturated rings. The number of rotatable bonds is 4. The molecule has 16 heavy (non-hydrogen) atoms. The van der Waals surface area contributed by atoms with Gasteiger partial charge in [0.2, 0.25) is 0 Å². The Kier molecular flexibility index (Phi) is 8.25. The van der Waals surface area contributed by atoms with Gasteiger partial charge in [0.05, 0.1) is 11.2 Å². The molecular formula is C10H25BO5. The van der Waals surface area contributed by atoms with Crippen LogP contribution >= 0.6 is 0 Å². The van der Waals surface area contributed by atoms with Crippen molar-refractivity contribution >= 4 is 7.32 Å². The predicted molar refractivity (Wildman–Crippen MR) is 63.6 cm³/mol.